The quantitative estimate of drug-likeness (QED) is 0.420. The van der Waals surface area contributed by atoms with Crippen LogP contribution in [-0.4, -0.2) is 35.2 Å². The predicted octanol–water partition coefficient (Wildman–Crippen LogP) is 1.01. The molecule has 1 aromatic heterocycles. The monoisotopic (exact) mass is 301 g/mol. The summed E-state index contributed by atoms with van der Waals surface area (Å²) in [6.45, 7) is 0.610. The van der Waals surface area contributed by atoms with Crippen molar-refractivity contribution in [3.05, 3.63) is 59.9 Å². The van der Waals surface area contributed by atoms with E-state index in [0.29, 0.717) is 23.6 Å². The molecule has 7 heteroatoms. The Labute approximate surface area is 126 Å². The molecule has 0 aliphatic carbocycles. The van der Waals surface area contributed by atoms with E-state index >= 15 is 0 Å². The van der Waals surface area contributed by atoms with Gasteiger partial charge in [0.15, 0.2) is 0 Å². The molecule has 1 aromatic carbocycles. The van der Waals surface area contributed by atoms with Crippen molar-refractivity contribution in [1.82, 2.24) is 15.8 Å². The second kappa shape index (κ2) is 7.75. The zero-order chi connectivity index (χ0) is 15.8. The molecule has 7 nitrogen and oxygen atoms in total. The number of ether oxygens (including phenoxy) is 1. The van der Waals surface area contributed by atoms with E-state index in [4.69, 9.17) is 9.94 Å². The van der Waals surface area contributed by atoms with Gasteiger partial charge in [0.2, 0.25) is 0 Å². The number of carbonyl (C=O) groups is 2. The highest BCUT2D eigenvalue weighted by Crippen LogP contribution is 2.11. The van der Waals surface area contributed by atoms with E-state index in [0.717, 1.165) is 0 Å². The largest absolute Gasteiger partial charge is 0.492 e. The number of nitrogens with one attached hydrogen (secondary N) is 2. The number of aromatic nitrogens is 1. The fourth-order valence-corrected chi connectivity index (χ4v) is 1.69. The van der Waals surface area contributed by atoms with Gasteiger partial charge < -0.3 is 10.1 Å². The van der Waals surface area contributed by atoms with Gasteiger partial charge in [-0.1, -0.05) is 6.07 Å². The first-order valence-corrected chi connectivity index (χ1v) is 6.57. The molecule has 0 bridgehead atoms. The number of carbonyl (C=O) groups excluding carboxylic acids is 2. The number of hydrogen-bond acceptors (Lipinski definition) is 5. The highest BCUT2D eigenvalue weighted by Gasteiger charge is 2.06. The molecule has 2 aromatic rings. The van der Waals surface area contributed by atoms with Crippen molar-refractivity contribution in [2.24, 2.45) is 0 Å². The summed E-state index contributed by atoms with van der Waals surface area (Å²) in [4.78, 5) is 26.8. The SMILES string of the molecule is O=C(NO)c1ccc(OCCNC(=O)c2ccccn2)cc1. The molecule has 0 aliphatic heterocycles. The van der Waals surface area contributed by atoms with Crippen LogP contribution in [0, 0.1) is 0 Å². The number of nitrogens with zero attached hydrogens (tertiary/aromatic N) is 1. The minimum Gasteiger partial charge on any atom is -0.492 e. The fourth-order valence-electron chi connectivity index (χ4n) is 1.69. The van der Waals surface area contributed by atoms with Crippen molar-refractivity contribution in [2.75, 3.05) is 13.2 Å². The third kappa shape index (κ3) is 4.29. The minimum absolute atomic E-state index is 0.265. The van der Waals surface area contributed by atoms with Crippen molar-refractivity contribution in [2.45, 2.75) is 0 Å². The van der Waals surface area contributed by atoms with Crippen LogP contribution < -0.4 is 15.5 Å². The molecule has 0 fully saturated rings. The smallest absolute Gasteiger partial charge is 0.274 e. The Morgan fingerprint density at radius 2 is 1.86 bits per heavy atom. The summed E-state index contributed by atoms with van der Waals surface area (Å²) in [5.41, 5.74) is 2.21. The van der Waals surface area contributed by atoms with Crippen LogP contribution >= 0.6 is 0 Å². The molecule has 0 spiro atoms. The van der Waals surface area contributed by atoms with Crippen LogP contribution in [-0.2, 0) is 0 Å². The highest BCUT2D eigenvalue weighted by molar-refractivity contribution is 5.93. The summed E-state index contributed by atoms with van der Waals surface area (Å²) in [6.07, 6.45) is 1.55. The van der Waals surface area contributed by atoms with Crippen LogP contribution in [0.5, 0.6) is 5.75 Å². The van der Waals surface area contributed by atoms with Gasteiger partial charge >= 0.3 is 0 Å². The molecule has 0 unspecified atom stereocenters. The third-order valence-corrected chi connectivity index (χ3v) is 2.77. The van der Waals surface area contributed by atoms with Crippen molar-refractivity contribution in [3.63, 3.8) is 0 Å². The first kappa shape index (κ1) is 15.5. The van der Waals surface area contributed by atoms with E-state index < -0.39 is 5.91 Å². The van der Waals surface area contributed by atoms with Gasteiger partial charge in [0.05, 0.1) is 6.54 Å². The van der Waals surface area contributed by atoms with E-state index in [-0.39, 0.29) is 12.5 Å². The third-order valence-electron chi connectivity index (χ3n) is 2.77. The molecule has 114 valence electrons. The molecule has 0 radical (unpaired) electrons. The maximum atomic E-state index is 11.7. The Bertz CT molecular complexity index is 629. The lowest BCUT2D eigenvalue weighted by Crippen LogP contribution is -2.28. The van der Waals surface area contributed by atoms with Crippen molar-refractivity contribution >= 4 is 11.8 Å². The van der Waals surface area contributed by atoms with Crippen LogP contribution in [0.1, 0.15) is 20.8 Å². The average molecular weight is 301 g/mol. The second-order valence-corrected chi connectivity index (χ2v) is 4.28. The van der Waals surface area contributed by atoms with Gasteiger partial charge in [-0.2, -0.15) is 0 Å². The number of amides is 2. The molecule has 3 N–H and O–H groups in total. The number of rotatable bonds is 6. The predicted molar refractivity (Wildman–Crippen MR) is 77.8 cm³/mol. The number of pyridine rings is 1. The standard InChI is InChI=1S/C15H15N3O4/c19-14(18-21)11-4-6-12(7-5-11)22-10-9-17-15(20)13-3-1-2-8-16-13/h1-8,21H,9-10H2,(H,17,20)(H,18,19). The molecule has 0 saturated carbocycles. The summed E-state index contributed by atoms with van der Waals surface area (Å²) in [5, 5.41) is 11.2. The van der Waals surface area contributed by atoms with Crippen LogP contribution in [0.3, 0.4) is 0 Å². The molecule has 1 heterocycles. The lowest BCUT2D eigenvalue weighted by molar-refractivity contribution is 0.0706. The Morgan fingerprint density at radius 1 is 1.09 bits per heavy atom. The molecule has 2 amide bonds. The van der Waals surface area contributed by atoms with Crippen LogP contribution in [0.2, 0.25) is 0 Å². The average Bonchev–Trinajstić information content (AvgIpc) is 2.59. The van der Waals surface area contributed by atoms with Gasteiger partial charge in [-0.15, -0.1) is 0 Å². The number of benzene rings is 1. The van der Waals surface area contributed by atoms with Crippen molar-refractivity contribution in [3.8, 4) is 5.75 Å². The summed E-state index contributed by atoms with van der Waals surface area (Å²) in [5.74, 6) is -0.296. The molecule has 0 aliphatic rings. The maximum Gasteiger partial charge on any atom is 0.274 e. The normalized spacial score (nSPS) is 9.86. The van der Waals surface area contributed by atoms with Gasteiger partial charge in [-0.05, 0) is 36.4 Å². The summed E-state index contributed by atoms with van der Waals surface area (Å²) in [6, 6.07) is 11.3. The number of hydroxylamine groups is 1. The Balaban J connectivity index is 1.75. The number of hydrogen-bond donors (Lipinski definition) is 3. The van der Waals surface area contributed by atoms with E-state index in [9.17, 15) is 9.59 Å². The van der Waals surface area contributed by atoms with E-state index in [2.05, 4.69) is 10.3 Å². The first-order chi connectivity index (χ1) is 10.7. The lowest BCUT2D eigenvalue weighted by Gasteiger charge is -2.08. The summed E-state index contributed by atoms with van der Waals surface area (Å²) in [7, 11) is 0. The van der Waals surface area contributed by atoms with Gasteiger partial charge in [-0.25, -0.2) is 5.48 Å². The van der Waals surface area contributed by atoms with Crippen molar-refractivity contribution in [1.29, 1.82) is 0 Å². The second-order valence-electron chi connectivity index (χ2n) is 4.28. The Hall–Kier alpha value is -2.93. The summed E-state index contributed by atoms with van der Waals surface area (Å²) < 4.78 is 5.43. The van der Waals surface area contributed by atoms with Gasteiger partial charge in [0.25, 0.3) is 11.8 Å². The molecular formula is C15H15N3O4. The van der Waals surface area contributed by atoms with Crippen LogP contribution in [0.4, 0.5) is 0 Å². The minimum atomic E-state index is -0.589. The molecule has 0 saturated heterocycles. The Morgan fingerprint density at radius 3 is 2.50 bits per heavy atom. The van der Waals surface area contributed by atoms with Gasteiger partial charge in [0, 0.05) is 11.8 Å². The lowest BCUT2D eigenvalue weighted by atomic mass is 10.2. The zero-order valence-electron chi connectivity index (χ0n) is 11.7. The molecule has 22 heavy (non-hydrogen) atoms. The fraction of sp³-hybridized carbons (Fsp3) is 0.133. The van der Waals surface area contributed by atoms with E-state index in [1.165, 1.54) is 12.1 Å². The molecular weight excluding hydrogens is 286 g/mol. The van der Waals surface area contributed by atoms with Crippen LogP contribution in [0.25, 0.3) is 0 Å². The highest BCUT2D eigenvalue weighted by atomic mass is 16.5. The van der Waals surface area contributed by atoms with Crippen LogP contribution in [0.15, 0.2) is 48.7 Å². The van der Waals surface area contributed by atoms with Gasteiger partial charge in [-0.3, -0.25) is 19.8 Å². The Kier molecular flexibility index (Phi) is 5.44. The van der Waals surface area contributed by atoms with E-state index in [1.807, 2.05) is 0 Å². The van der Waals surface area contributed by atoms with Gasteiger partial charge in [0.1, 0.15) is 18.1 Å². The topological polar surface area (TPSA) is 101 Å². The maximum absolute atomic E-state index is 11.7. The zero-order valence-corrected chi connectivity index (χ0v) is 11.7. The van der Waals surface area contributed by atoms with Crippen molar-refractivity contribution < 1.29 is 19.5 Å². The molecule has 2 rings (SSSR count). The first-order valence-electron chi connectivity index (χ1n) is 6.57. The molecule has 0 atom stereocenters. The summed E-state index contributed by atoms with van der Waals surface area (Å²) >= 11 is 0. The van der Waals surface area contributed by atoms with E-state index in [1.54, 1.807) is 42.0 Å².